The zero-order valence-electron chi connectivity index (χ0n) is 18.9. The summed E-state index contributed by atoms with van der Waals surface area (Å²) in [6, 6.07) is 10.8. The van der Waals surface area contributed by atoms with Gasteiger partial charge in [-0.05, 0) is 93.5 Å². The van der Waals surface area contributed by atoms with Crippen molar-refractivity contribution in [2.75, 3.05) is 0 Å². The summed E-state index contributed by atoms with van der Waals surface area (Å²) in [6.45, 7) is 20.7. The number of benzene rings is 2. The highest BCUT2D eigenvalue weighted by Crippen LogP contribution is 2.34. The molecule has 0 unspecified atom stereocenters. The van der Waals surface area contributed by atoms with Gasteiger partial charge in [0.15, 0.2) is 0 Å². The summed E-state index contributed by atoms with van der Waals surface area (Å²) in [5.41, 5.74) is 10.9. The van der Waals surface area contributed by atoms with Crippen LogP contribution in [0.5, 0.6) is 0 Å². The molecule has 0 saturated carbocycles. The Morgan fingerprint density at radius 3 is 2.28 bits per heavy atom. The Hall–Kier alpha value is -2.74. The maximum atomic E-state index is 5.06. The van der Waals surface area contributed by atoms with Gasteiger partial charge in [-0.15, -0.1) is 0 Å². The molecule has 0 bridgehead atoms. The van der Waals surface area contributed by atoms with Crippen LogP contribution in [0.4, 0.5) is 11.4 Å². The van der Waals surface area contributed by atoms with Crippen LogP contribution < -0.4 is 0 Å². The standard InChI is InChI=1S/C27H34N2/c1-9-11-12-22-13-14-23(18(3)4)16-25(22)21(8)29-27-17-26(28-10-2)20(7)15-24(27)19(5)6/h10,13-17H,3,5,9,11-12H2,1-2,4,6-8H3. The molecular weight excluding hydrogens is 352 g/mol. The number of hydrogen-bond acceptors (Lipinski definition) is 2. The zero-order chi connectivity index (χ0) is 21.6. The molecule has 0 atom stereocenters. The number of aryl methyl sites for hydroxylation is 2. The summed E-state index contributed by atoms with van der Waals surface area (Å²) in [5, 5.41) is 0. The molecule has 0 fully saturated rings. The monoisotopic (exact) mass is 386 g/mol. The average Bonchev–Trinajstić information content (AvgIpc) is 2.68. The van der Waals surface area contributed by atoms with Gasteiger partial charge in [0.2, 0.25) is 0 Å². The van der Waals surface area contributed by atoms with E-state index in [0.717, 1.165) is 51.3 Å². The van der Waals surface area contributed by atoms with Crippen LogP contribution in [0.3, 0.4) is 0 Å². The molecule has 2 nitrogen and oxygen atoms in total. The van der Waals surface area contributed by atoms with Crippen LogP contribution in [-0.4, -0.2) is 11.9 Å². The quantitative estimate of drug-likeness (QED) is 0.408. The summed E-state index contributed by atoms with van der Waals surface area (Å²) in [4.78, 5) is 9.56. The Balaban J connectivity index is 2.65. The van der Waals surface area contributed by atoms with Crippen molar-refractivity contribution >= 4 is 34.4 Å². The second kappa shape index (κ2) is 10.2. The maximum Gasteiger partial charge on any atom is 0.0729 e. The molecule has 0 spiro atoms. The second-order valence-corrected chi connectivity index (χ2v) is 7.78. The van der Waals surface area contributed by atoms with Gasteiger partial charge in [0.05, 0.1) is 11.4 Å². The Morgan fingerprint density at radius 1 is 0.966 bits per heavy atom. The molecule has 0 heterocycles. The van der Waals surface area contributed by atoms with Gasteiger partial charge in [-0.25, -0.2) is 0 Å². The molecule has 2 heteroatoms. The largest absolute Gasteiger partial charge is 0.261 e. The minimum Gasteiger partial charge on any atom is -0.261 e. The van der Waals surface area contributed by atoms with Crippen molar-refractivity contribution in [3.8, 4) is 0 Å². The van der Waals surface area contributed by atoms with Gasteiger partial charge in [-0.2, -0.15) is 0 Å². The Labute approximate surface area is 176 Å². The van der Waals surface area contributed by atoms with E-state index in [4.69, 9.17) is 4.99 Å². The van der Waals surface area contributed by atoms with Gasteiger partial charge in [0, 0.05) is 17.5 Å². The molecule has 0 aromatic heterocycles. The first kappa shape index (κ1) is 22.5. The molecule has 29 heavy (non-hydrogen) atoms. The number of rotatable bonds is 8. The first-order valence-electron chi connectivity index (χ1n) is 10.4. The highest BCUT2D eigenvalue weighted by molar-refractivity contribution is 6.03. The predicted octanol–water partition coefficient (Wildman–Crippen LogP) is 8.27. The van der Waals surface area contributed by atoms with Crippen LogP contribution >= 0.6 is 0 Å². The minimum absolute atomic E-state index is 0.920. The Bertz CT molecular complexity index is 974. The van der Waals surface area contributed by atoms with Crippen LogP contribution in [0.2, 0.25) is 0 Å². The van der Waals surface area contributed by atoms with Gasteiger partial charge >= 0.3 is 0 Å². The molecule has 2 aromatic rings. The Morgan fingerprint density at radius 2 is 1.69 bits per heavy atom. The minimum atomic E-state index is 0.920. The predicted molar refractivity (Wildman–Crippen MR) is 131 cm³/mol. The van der Waals surface area contributed by atoms with Gasteiger partial charge in [0.1, 0.15) is 0 Å². The topological polar surface area (TPSA) is 24.7 Å². The van der Waals surface area contributed by atoms with E-state index in [-0.39, 0.29) is 0 Å². The number of unbranched alkanes of at least 4 members (excludes halogenated alkanes) is 1. The smallest absolute Gasteiger partial charge is 0.0729 e. The van der Waals surface area contributed by atoms with Crippen LogP contribution in [0.1, 0.15) is 75.3 Å². The molecule has 0 aliphatic rings. The molecule has 0 aliphatic heterocycles. The van der Waals surface area contributed by atoms with Crippen molar-refractivity contribution in [3.63, 3.8) is 0 Å². The van der Waals surface area contributed by atoms with E-state index in [1.165, 1.54) is 24.0 Å². The fourth-order valence-corrected chi connectivity index (χ4v) is 3.40. The van der Waals surface area contributed by atoms with Crippen molar-refractivity contribution in [3.05, 3.63) is 71.3 Å². The molecule has 2 aromatic carbocycles. The zero-order valence-corrected chi connectivity index (χ0v) is 18.9. The number of nitrogens with zero attached hydrogens (tertiary/aromatic N) is 2. The van der Waals surface area contributed by atoms with Crippen LogP contribution in [0.15, 0.2) is 53.5 Å². The van der Waals surface area contributed by atoms with Gasteiger partial charge in [-0.1, -0.05) is 44.2 Å². The fraction of sp³-hybridized carbons (Fsp3) is 0.333. The molecule has 0 N–H and O–H groups in total. The molecule has 2 rings (SSSR count). The van der Waals surface area contributed by atoms with Crippen LogP contribution in [-0.2, 0) is 6.42 Å². The normalized spacial score (nSPS) is 11.9. The number of aliphatic imine (C=N–C) groups is 2. The van der Waals surface area contributed by atoms with Gasteiger partial charge in [0.25, 0.3) is 0 Å². The lowest BCUT2D eigenvalue weighted by atomic mass is 9.94. The molecule has 0 amide bonds. The summed E-state index contributed by atoms with van der Waals surface area (Å²) < 4.78 is 0. The molecular formula is C27H34N2. The first-order chi connectivity index (χ1) is 13.8. The van der Waals surface area contributed by atoms with E-state index in [1.807, 2.05) is 27.0 Å². The lowest BCUT2D eigenvalue weighted by molar-refractivity contribution is 0.794. The number of allylic oxidation sites excluding steroid dienone is 2. The third-order valence-corrected chi connectivity index (χ3v) is 5.12. The van der Waals surface area contributed by atoms with E-state index in [9.17, 15) is 0 Å². The summed E-state index contributed by atoms with van der Waals surface area (Å²) in [7, 11) is 0. The van der Waals surface area contributed by atoms with Crippen molar-refractivity contribution in [1.29, 1.82) is 0 Å². The average molecular weight is 387 g/mol. The highest BCUT2D eigenvalue weighted by Gasteiger charge is 2.11. The van der Waals surface area contributed by atoms with E-state index in [2.05, 4.69) is 69.3 Å². The summed E-state index contributed by atoms with van der Waals surface area (Å²) >= 11 is 0. The molecule has 0 saturated heterocycles. The second-order valence-electron chi connectivity index (χ2n) is 7.78. The number of hydrogen-bond donors (Lipinski definition) is 0. The lowest BCUT2D eigenvalue weighted by Crippen LogP contribution is -2.03. The molecule has 152 valence electrons. The SMILES string of the molecule is C=C(C)c1ccc(CCCC)c(C(C)=Nc2cc(N=CC)c(C)cc2C(=C)C)c1. The Kier molecular flexibility index (Phi) is 7.90. The van der Waals surface area contributed by atoms with E-state index < -0.39 is 0 Å². The third-order valence-electron chi connectivity index (χ3n) is 5.12. The van der Waals surface area contributed by atoms with E-state index in [1.54, 1.807) is 0 Å². The van der Waals surface area contributed by atoms with Gasteiger partial charge < -0.3 is 0 Å². The molecule has 0 radical (unpaired) electrons. The van der Waals surface area contributed by atoms with Crippen molar-refractivity contribution in [2.24, 2.45) is 9.98 Å². The third kappa shape index (κ3) is 5.63. The fourth-order valence-electron chi connectivity index (χ4n) is 3.40. The lowest BCUT2D eigenvalue weighted by Gasteiger charge is -2.14. The molecule has 0 aliphatic carbocycles. The summed E-state index contributed by atoms with van der Waals surface area (Å²) in [5.74, 6) is 0. The highest BCUT2D eigenvalue weighted by atomic mass is 14.8. The van der Waals surface area contributed by atoms with Crippen molar-refractivity contribution < 1.29 is 0 Å². The van der Waals surface area contributed by atoms with Gasteiger partial charge in [-0.3, -0.25) is 9.98 Å². The van der Waals surface area contributed by atoms with E-state index in [0.29, 0.717) is 0 Å². The maximum absolute atomic E-state index is 5.06. The van der Waals surface area contributed by atoms with E-state index >= 15 is 0 Å². The summed E-state index contributed by atoms with van der Waals surface area (Å²) in [6.07, 6.45) is 5.22. The van der Waals surface area contributed by atoms with Crippen molar-refractivity contribution in [1.82, 2.24) is 0 Å². The first-order valence-corrected chi connectivity index (χ1v) is 10.4. The van der Waals surface area contributed by atoms with Crippen LogP contribution in [0.25, 0.3) is 11.1 Å². The van der Waals surface area contributed by atoms with Crippen LogP contribution in [0, 0.1) is 6.92 Å². The van der Waals surface area contributed by atoms with Crippen molar-refractivity contribution in [2.45, 2.75) is 60.8 Å².